The first kappa shape index (κ1) is 30.6. The SMILES string of the molecule is N#Cc1c(-c2ccccc2)ccnc1C=Cc1cc(OCc2cncc(C(F)(F)F)c2)c(N2CCCCC2C(=O)O)cc1Cl. The lowest BCUT2D eigenvalue weighted by atomic mass is 9.99. The molecule has 0 amide bonds. The summed E-state index contributed by atoms with van der Waals surface area (Å²) in [6.45, 7) is 0.186. The van der Waals surface area contributed by atoms with Gasteiger partial charge in [0.2, 0.25) is 0 Å². The first-order chi connectivity index (χ1) is 21.2. The van der Waals surface area contributed by atoms with Gasteiger partial charge in [-0.05, 0) is 60.7 Å². The maximum atomic E-state index is 13.3. The van der Waals surface area contributed by atoms with Crippen molar-refractivity contribution in [2.24, 2.45) is 0 Å². The van der Waals surface area contributed by atoms with E-state index in [0.717, 1.165) is 30.7 Å². The van der Waals surface area contributed by atoms with Crippen LogP contribution in [0.1, 0.15) is 47.2 Å². The number of benzene rings is 2. The van der Waals surface area contributed by atoms with Gasteiger partial charge >= 0.3 is 12.1 Å². The number of hydrogen-bond acceptors (Lipinski definition) is 6. The van der Waals surface area contributed by atoms with Gasteiger partial charge in [0.25, 0.3) is 0 Å². The van der Waals surface area contributed by atoms with Crippen LogP contribution < -0.4 is 9.64 Å². The van der Waals surface area contributed by atoms with Gasteiger partial charge in [-0.2, -0.15) is 18.4 Å². The normalized spacial score (nSPS) is 15.2. The Morgan fingerprint density at radius 2 is 1.93 bits per heavy atom. The van der Waals surface area contributed by atoms with E-state index in [1.807, 2.05) is 30.3 Å². The van der Waals surface area contributed by atoms with Crippen LogP contribution in [0.25, 0.3) is 23.3 Å². The molecule has 1 unspecified atom stereocenters. The topological polar surface area (TPSA) is 99.3 Å². The molecule has 0 radical (unpaired) electrons. The van der Waals surface area contributed by atoms with E-state index in [4.69, 9.17) is 16.3 Å². The minimum Gasteiger partial charge on any atom is -0.487 e. The molecule has 11 heteroatoms. The molecule has 1 fully saturated rings. The number of nitriles is 1. The van der Waals surface area contributed by atoms with Crippen molar-refractivity contribution in [3.05, 3.63) is 106 Å². The van der Waals surface area contributed by atoms with Crippen LogP contribution in [0.4, 0.5) is 18.9 Å². The second-order valence-corrected chi connectivity index (χ2v) is 10.6. The van der Waals surface area contributed by atoms with Crippen molar-refractivity contribution in [3.8, 4) is 22.9 Å². The largest absolute Gasteiger partial charge is 0.487 e. The number of halogens is 4. The van der Waals surface area contributed by atoms with E-state index in [2.05, 4.69) is 16.0 Å². The zero-order chi connectivity index (χ0) is 31.3. The van der Waals surface area contributed by atoms with Crippen molar-refractivity contribution >= 4 is 35.4 Å². The van der Waals surface area contributed by atoms with Gasteiger partial charge in [-0.3, -0.25) is 9.97 Å². The number of ether oxygens (including phenoxy) is 1. The van der Waals surface area contributed by atoms with E-state index in [-0.39, 0.29) is 22.9 Å². The van der Waals surface area contributed by atoms with Gasteiger partial charge in [0.1, 0.15) is 24.5 Å². The Labute approximate surface area is 256 Å². The summed E-state index contributed by atoms with van der Waals surface area (Å²) >= 11 is 6.70. The summed E-state index contributed by atoms with van der Waals surface area (Å²) in [7, 11) is 0. The van der Waals surface area contributed by atoms with Crippen molar-refractivity contribution in [1.29, 1.82) is 5.26 Å². The van der Waals surface area contributed by atoms with Gasteiger partial charge in [-0.1, -0.05) is 48.0 Å². The number of nitrogens with zero attached hydrogens (tertiary/aromatic N) is 4. The van der Waals surface area contributed by atoms with Gasteiger partial charge in [-0.15, -0.1) is 0 Å². The van der Waals surface area contributed by atoms with E-state index in [1.165, 1.54) is 6.20 Å². The third-order valence-electron chi connectivity index (χ3n) is 7.29. The fourth-order valence-electron chi connectivity index (χ4n) is 5.13. The molecule has 4 aromatic rings. The highest BCUT2D eigenvalue weighted by Gasteiger charge is 2.32. The van der Waals surface area contributed by atoms with E-state index in [1.54, 1.807) is 41.4 Å². The van der Waals surface area contributed by atoms with Crippen LogP contribution in [-0.4, -0.2) is 33.6 Å². The van der Waals surface area contributed by atoms with E-state index in [0.29, 0.717) is 41.0 Å². The maximum absolute atomic E-state index is 13.3. The quantitative estimate of drug-likeness (QED) is 0.214. The van der Waals surface area contributed by atoms with Gasteiger partial charge < -0.3 is 14.7 Å². The number of alkyl halides is 3. The first-order valence-electron chi connectivity index (χ1n) is 13.7. The van der Waals surface area contributed by atoms with Crippen molar-refractivity contribution in [3.63, 3.8) is 0 Å². The summed E-state index contributed by atoms with van der Waals surface area (Å²) in [5, 5.41) is 20.1. The molecule has 0 saturated carbocycles. The second-order valence-electron chi connectivity index (χ2n) is 10.2. The molecule has 1 atom stereocenters. The van der Waals surface area contributed by atoms with Crippen LogP contribution in [-0.2, 0) is 17.6 Å². The third-order valence-corrected chi connectivity index (χ3v) is 7.62. The summed E-state index contributed by atoms with van der Waals surface area (Å²) in [5.74, 6) is -0.752. The standard InChI is InChI=1S/C33H26ClF3N4O3/c34-27-16-30(41-13-5-4-8-29(41)32(42)43)31(44-20-21-14-24(19-39-18-21)33(35,36)37)15-23(27)9-10-28-26(17-38)25(11-12-40-28)22-6-2-1-3-7-22/h1-3,6-7,9-12,14-16,18-19,29H,4-5,8,13,20H2,(H,42,43). The molecule has 1 N–H and O–H groups in total. The summed E-state index contributed by atoms with van der Waals surface area (Å²) in [6, 6.07) is 16.8. The monoisotopic (exact) mass is 618 g/mol. The molecule has 1 saturated heterocycles. The molecule has 2 aromatic heterocycles. The zero-order valence-corrected chi connectivity index (χ0v) is 24.0. The number of carboxylic acid groups (broad SMARTS) is 1. The van der Waals surface area contributed by atoms with Crippen LogP contribution in [0.3, 0.4) is 0 Å². The molecular formula is C33H26ClF3N4O3. The smallest absolute Gasteiger partial charge is 0.417 e. The Hall–Kier alpha value is -4.88. The molecule has 7 nitrogen and oxygen atoms in total. The fraction of sp³-hybridized carbons (Fsp3) is 0.212. The third kappa shape index (κ3) is 6.84. The number of carbonyl (C=O) groups is 1. The summed E-state index contributed by atoms with van der Waals surface area (Å²) in [4.78, 5) is 21.9. The number of carboxylic acids is 1. The number of pyridine rings is 2. The average molecular weight is 619 g/mol. The number of hydrogen-bond donors (Lipinski definition) is 1. The molecule has 0 bridgehead atoms. The summed E-state index contributed by atoms with van der Waals surface area (Å²) in [6.07, 6.45) is 4.28. The lowest BCUT2D eigenvalue weighted by Crippen LogP contribution is -2.45. The zero-order valence-electron chi connectivity index (χ0n) is 23.3. The molecule has 44 heavy (non-hydrogen) atoms. The van der Waals surface area contributed by atoms with Crippen LogP contribution in [0.15, 0.2) is 73.2 Å². The average Bonchev–Trinajstić information content (AvgIpc) is 3.03. The number of aliphatic carboxylic acids is 1. The molecular weight excluding hydrogens is 593 g/mol. The Bertz CT molecular complexity index is 1740. The molecule has 0 spiro atoms. The van der Waals surface area contributed by atoms with E-state index < -0.39 is 23.8 Å². The molecule has 1 aliphatic rings. The van der Waals surface area contributed by atoms with Crippen molar-refractivity contribution in [2.75, 3.05) is 11.4 Å². The predicted octanol–water partition coefficient (Wildman–Crippen LogP) is 7.88. The molecule has 2 aromatic carbocycles. The highest BCUT2D eigenvalue weighted by atomic mass is 35.5. The number of anilines is 1. The van der Waals surface area contributed by atoms with Gasteiger partial charge in [0, 0.05) is 36.3 Å². The lowest BCUT2D eigenvalue weighted by molar-refractivity contribution is -0.139. The van der Waals surface area contributed by atoms with Crippen LogP contribution >= 0.6 is 11.6 Å². The van der Waals surface area contributed by atoms with E-state index in [9.17, 15) is 28.3 Å². The Kier molecular flexibility index (Phi) is 9.16. The van der Waals surface area contributed by atoms with Gasteiger partial charge in [0.15, 0.2) is 0 Å². The van der Waals surface area contributed by atoms with Crippen molar-refractivity contribution < 1.29 is 27.8 Å². The fourth-order valence-corrected chi connectivity index (χ4v) is 5.36. The van der Waals surface area contributed by atoms with Crippen LogP contribution in [0.2, 0.25) is 5.02 Å². The van der Waals surface area contributed by atoms with Gasteiger partial charge in [-0.25, -0.2) is 4.79 Å². The summed E-state index contributed by atoms with van der Waals surface area (Å²) in [5.41, 5.74) is 2.53. The minimum atomic E-state index is -4.57. The highest BCUT2D eigenvalue weighted by Crippen LogP contribution is 2.39. The molecule has 5 rings (SSSR count). The molecule has 1 aliphatic heterocycles. The maximum Gasteiger partial charge on any atom is 0.417 e. The Morgan fingerprint density at radius 1 is 1.14 bits per heavy atom. The number of piperidine rings is 1. The molecule has 3 heterocycles. The second kappa shape index (κ2) is 13.2. The van der Waals surface area contributed by atoms with Crippen molar-refractivity contribution in [1.82, 2.24) is 9.97 Å². The number of aromatic nitrogens is 2. The lowest BCUT2D eigenvalue weighted by Gasteiger charge is -2.36. The number of rotatable bonds is 8. The van der Waals surface area contributed by atoms with Gasteiger partial charge in [0.05, 0.1) is 27.5 Å². The molecule has 224 valence electrons. The van der Waals surface area contributed by atoms with Crippen LogP contribution in [0.5, 0.6) is 5.75 Å². The Morgan fingerprint density at radius 3 is 2.66 bits per heavy atom. The van der Waals surface area contributed by atoms with Crippen LogP contribution in [0, 0.1) is 11.3 Å². The molecule has 0 aliphatic carbocycles. The Balaban J connectivity index is 1.53. The van der Waals surface area contributed by atoms with E-state index >= 15 is 0 Å². The summed E-state index contributed by atoms with van der Waals surface area (Å²) < 4.78 is 45.8. The highest BCUT2D eigenvalue weighted by molar-refractivity contribution is 6.32. The predicted molar refractivity (Wildman–Crippen MR) is 161 cm³/mol. The first-order valence-corrected chi connectivity index (χ1v) is 14.1. The minimum absolute atomic E-state index is 0.187. The van der Waals surface area contributed by atoms with Crippen molar-refractivity contribution in [2.45, 2.75) is 38.1 Å².